The summed E-state index contributed by atoms with van der Waals surface area (Å²) in [4.78, 5) is 1.02. The van der Waals surface area contributed by atoms with Gasteiger partial charge in [-0.25, -0.2) is 0 Å². The first-order chi connectivity index (χ1) is 9.21. The highest BCUT2D eigenvalue weighted by Gasteiger charge is 2.07. The second kappa shape index (κ2) is 7.02. The van der Waals surface area contributed by atoms with Gasteiger partial charge in [-0.3, -0.25) is 0 Å². The van der Waals surface area contributed by atoms with Crippen LogP contribution in [0.1, 0.15) is 13.3 Å². The maximum Gasteiger partial charge on any atom is 0.179 e. The van der Waals surface area contributed by atoms with E-state index in [0.717, 1.165) is 25.7 Å². The molecule has 0 unspecified atom stereocenters. The lowest BCUT2D eigenvalue weighted by molar-refractivity contribution is 0.317. The molecule has 4 nitrogen and oxygen atoms in total. The Morgan fingerprint density at radius 3 is 2.74 bits per heavy atom. The number of nitrogens with two attached hydrogens (primary N) is 1. The summed E-state index contributed by atoms with van der Waals surface area (Å²) >= 11 is 4.74. The number of hydrogen-bond acceptors (Lipinski definition) is 7. The number of thioether (sulfide) groups is 1. The van der Waals surface area contributed by atoms with Gasteiger partial charge in [0.15, 0.2) is 8.68 Å². The molecule has 0 fully saturated rings. The zero-order valence-electron chi connectivity index (χ0n) is 10.8. The van der Waals surface area contributed by atoms with E-state index in [4.69, 9.17) is 10.5 Å². The van der Waals surface area contributed by atoms with Gasteiger partial charge < -0.3 is 10.5 Å². The van der Waals surface area contributed by atoms with Crippen LogP contribution in [-0.4, -0.2) is 23.1 Å². The Labute approximate surface area is 125 Å². The minimum Gasteiger partial charge on any atom is -0.493 e. The third kappa shape index (κ3) is 4.29. The molecule has 0 saturated carbocycles. The minimum atomic E-state index is 0.697. The average Bonchev–Trinajstić information content (AvgIpc) is 2.83. The number of anilines is 1. The number of nitrogens with zero attached hydrogens (tertiary/aromatic N) is 2. The molecule has 7 heteroatoms. The number of ether oxygens (including phenoxy) is 1. The Bertz CT molecular complexity index is 545. The molecule has 0 amide bonds. The van der Waals surface area contributed by atoms with Crippen molar-refractivity contribution in [1.82, 2.24) is 10.2 Å². The molecule has 2 N–H and O–H groups in total. The third-order valence-corrected chi connectivity index (χ3v) is 5.06. The zero-order valence-corrected chi connectivity index (χ0v) is 13.2. The number of benzene rings is 1. The molecular formula is C12H15N3OS3. The van der Waals surface area contributed by atoms with Gasteiger partial charge in [-0.1, -0.05) is 41.8 Å². The quantitative estimate of drug-likeness (QED) is 0.647. The van der Waals surface area contributed by atoms with Crippen molar-refractivity contribution in [2.75, 3.05) is 18.6 Å². The van der Waals surface area contributed by atoms with E-state index in [9.17, 15) is 0 Å². The molecule has 102 valence electrons. The molecular weight excluding hydrogens is 298 g/mol. The van der Waals surface area contributed by atoms with E-state index in [1.807, 2.05) is 24.5 Å². The van der Waals surface area contributed by atoms with Crippen LogP contribution in [0.25, 0.3) is 0 Å². The lowest BCUT2D eigenvalue weighted by Crippen LogP contribution is -1.96. The van der Waals surface area contributed by atoms with Crippen LogP contribution < -0.4 is 10.5 Å². The van der Waals surface area contributed by atoms with Gasteiger partial charge in [0.25, 0.3) is 0 Å². The smallest absolute Gasteiger partial charge is 0.179 e. The van der Waals surface area contributed by atoms with Gasteiger partial charge in [-0.05, 0) is 24.8 Å². The normalized spacial score (nSPS) is 10.6. The van der Waals surface area contributed by atoms with Crippen molar-refractivity contribution in [2.24, 2.45) is 0 Å². The monoisotopic (exact) mass is 313 g/mol. The van der Waals surface area contributed by atoms with E-state index in [0.29, 0.717) is 12.3 Å². The summed E-state index contributed by atoms with van der Waals surface area (Å²) in [7, 11) is 0. The van der Waals surface area contributed by atoms with Crippen LogP contribution in [0.15, 0.2) is 31.8 Å². The molecule has 0 aliphatic rings. The predicted molar refractivity (Wildman–Crippen MR) is 82.5 cm³/mol. The van der Waals surface area contributed by atoms with Gasteiger partial charge in [0.2, 0.25) is 0 Å². The Kier molecular flexibility index (Phi) is 5.35. The van der Waals surface area contributed by atoms with Crippen molar-refractivity contribution in [3.8, 4) is 5.75 Å². The second-order valence-corrected chi connectivity index (χ2v) is 7.08. The Morgan fingerprint density at radius 1 is 1.26 bits per heavy atom. The molecule has 19 heavy (non-hydrogen) atoms. The van der Waals surface area contributed by atoms with Crippen molar-refractivity contribution < 1.29 is 4.74 Å². The lowest BCUT2D eigenvalue weighted by Gasteiger charge is -2.07. The Hall–Kier alpha value is -0.920. The predicted octanol–water partition coefficient (Wildman–Crippen LogP) is 3.78. The van der Waals surface area contributed by atoms with E-state index in [2.05, 4.69) is 17.1 Å². The fraction of sp³-hybridized carbons (Fsp3) is 0.333. The largest absolute Gasteiger partial charge is 0.493 e. The average molecular weight is 313 g/mol. The minimum absolute atomic E-state index is 0.697. The van der Waals surface area contributed by atoms with Crippen LogP contribution in [0.3, 0.4) is 0 Å². The van der Waals surface area contributed by atoms with Gasteiger partial charge in [0.05, 0.1) is 6.61 Å². The highest BCUT2D eigenvalue weighted by molar-refractivity contribution is 8.03. The van der Waals surface area contributed by atoms with Crippen molar-refractivity contribution in [3.63, 3.8) is 0 Å². The molecule has 2 aromatic rings. The van der Waals surface area contributed by atoms with E-state index in [1.54, 1.807) is 34.9 Å². The summed E-state index contributed by atoms with van der Waals surface area (Å²) in [6.07, 6.45) is 2.97. The second-order valence-electron chi connectivity index (χ2n) is 3.73. The summed E-state index contributed by atoms with van der Waals surface area (Å²) in [5.41, 5.74) is 6.59. The number of nitrogen functional groups attached to an aromatic ring is 1. The molecule has 2 rings (SSSR count). The highest BCUT2D eigenvalue weighted by atomic mass is 32.2. The third-order valence-electron chi connectivity index (χ3n) is 2.14. The van der Waals surface area contributed by atoms with Crippen LogP contribution in [0.4, 0.5) is 5.69 Å². The SMILES string of the molecule is CCCOc1cc(N)cc(Sc2nnc(SC)s2)c1. The van der Waals surface area contributed by atoms with E-state index in [-0.39, 0.29) is 0 Å². The number of hydrogen-bond donors (Lipinski definition) is 1. The molecule has 1 aromatic heterocycles. The van der Waals surface area contributed by atoms with E-state index >= 15 is 0 Å². The lowest BCUT2D eigenvalue weighted by atomic mass is 10.3. The number of aromatic nitrogens is 2. The summed E-state index contributed by atoms with van der Waals surface area (Å²) in [5, 5.41) is 8.21. The van der Waals surface area contributed by atoms with Crippen molar-refractivity contribution in [3.05, 3.63) is 18.2 Å². The highest BCUT2D eigenvalue weighted by Crippen LogP contribution is 2.35. The fourth-order valence-electron chi connectivity index (χ4n) is 1.38. The zero-order chi connectivity index (χ0) is 13.7. The fourth-order valence-corrected chi connectivity index (χ4v) is 3.89. The summed E-state index contributed by atoms with van der Waals surface area (Å²) < 4.78 is 7.49. The van der Waals surface area contributed by atoms with Gasteiger partial charge in [0, 0.05) is 16.6 Å². The molecule has 0 spiro atoms. The molecule has 0 atom stereocenters. The molecule has 0 bridgehead atoms. The maximum atomic E-state index is 5.89. The van der Waals surface area contributed by atoms with Crippen molar-refractivity contribution >= 4 is 40.5 Å². The summed E-state index contributed by atoms with van der Waals surface area (Å²) in [6, 6.07) is 5.74. The molecule has 1 heterocycles. The summed E-state index contributed by atoms with van der Waals surface area (Å²) in [6.45, 7) is 2.77. The van der Waals surface area contributed by atoms with Crippen molar-refractivity contribution in [2.45, 2.75) is 26.9 Å². The topological polar surface area (TPSA) is 61.0 Å². The first kappa shape index (κ1) is 14.5. The molecule has 1 aromatic carbocycles. The Balaban J connectivity index is 2.12. The van der Waals surface area contributed by atoms with Crippen LogP contribution in [0.5, 0.6) is 5.75 Å². The standard InChI is InChI=1S/C12H15N3OS3/c1-3-4-16-9-5-8(13)6-10(7-9)18-12-15-14-11(17-2)19-12/h5-7H,3-4,13H2,1-2H3. The maximum absolute atomic E-state index is 5.89. The Morgan fingerprint density at radius 2 is 2.05 bits per heavy atom. The van der Waals surface area contributed by atoms with Crippen molar-refractivity contribution in [1.29, 1.82) is 0 Å². The van der Waals surface area contributed by atoms with Gasteiger partial charge in [-0.2, -0.15) is 0 Å². The van der Waals surface area contributed by atoms with Gasteiger partial charge in [-0.15, -0.1) is 10.2 Å². The molecule has 0 aliphatic carbocycles. The van der Waals surface area contributed by atoms with Crippen LogP contribution >= 0.6 is 34.9 Å². The molecule has 0 radical (unpaired) electrons. The van der Waals surface area contributed by atoms with Crippen LogP contribution in [0.2, 0.25) is 0 Å². The van der Waals surface area contributed by atoms with Crippen LogP contribution in [0, 0.1) is 0 Å². The molecule has 0 aliphatic heterocycles. The first-order valence-corrected chi connectivity index (χ1v) is 8.65. The number of rotatable bonds is 6. The summed E-state index contributed by atoms with van der Waals surface area (Å²) in [5.74, 6) is 0.805. The van der Waals surface area contributed by atoms with Gasteiger partial charge >= 0.3 is 0 Å². The first-order valence-electron chi connectivity index (χ1n) is 5.80. The molecule has 0 saturated heterocycles. The van der Waals surface area contributed by atoms with Gasteiger partial charge in [0.1, 0.15) is 5.75 Å². The van der Waals surface area contributed by atoms with Crippen LogP contribution in [-0.2, 0) is 0 Å². The van der Waals surface area contributed by atoms with E-state index in [1.165, 1.54) is 0 Å². The van der Waals surface area contributed by atoms with E-state index < -0.39 is 0 Å².